The predicted molar refractivity (Wildman–Crippen MR) is 79.0 cm³/mol. The molecule has 0 aliphatic carbocycles. The van der Waals surface area contributed by atoms with Crippen molar-refractivity contribution in [3.63, 3.8) is 0 Å². The fourth-order valence-electron chi connectivity index (χ4n) is 2.21. The molecule has 0 saturated heterocycles. The predicted octanol–water partition coefficient (Wildman–Crippen LogP) is 2.83. The van der Waals surface area contributed by atoms with Gasteiger partial charge in [-0.05, 0) is 25.2 Å². The van der Waals surface area contributed by atoms with Crippen molar-refractivity contribution in [1.29, 1.82) is 0 Å². The van der Waals surface area contributed by atoms with E-state index in [-0.39, 0.29) is 5.41 Å². The summed E-state index contributed by atoms with van der Waals surface area (Å²) in [7, 11) is 0. The van der Waals surface area contributed by atoms with Gasteiger partial charge in [0.05, 0.1) is 5.69 Å². The second-order valence-corrected chi connectivity index (χ2v) is 6.27. The Labute approximate surface area is 114 Å². The first-order valence-electron chi connectivity index (χ1n) is 6.97. The Morgan fingerprint density at radius 1 is 1.32 bits per heavy atom. The highest BCUT2D eigenvalue weighted by Crippen LogP contribution is 2.31. The maximum absolute atomic E-state index is 6.11. The standard InChI is InChI=1S/C14H25N5/c1-7-19-12-11(10(4)17-19)16-13(15)18(12)8-14(5,6)9(2)3/h9H,7-8H2,1-6H3,(H2,15,16). The minimum atomic E-state index is 0.165. The summed E-state index contributed by atoms with van der Waals surface area (Å²) in [5, 5.41) is 4.52. The summed E-state index contributed by atoms with van der Waals surface area (Å²) < 4.78 is 4.10. The van der Waals surface area contributed by atoms with Crippen LogP contribution in [0.3, 0.4) is 0 Å². The summed E-state index contributed by atoms with van der Waals surface area (Å²) >= 11 is 0. The number of hydrogen-bond acceptors (Lipinski definition) is 3. The Kier molecular flexibility index (Phi) is 3.32. The number of anilines is 1. The summed E-state index contributed by atoms with van der Waals surface area (Å²) in [5.41, 5.74) is 9.20. The van der Waals surface area contributed by atoms with Crippen LogP contribution in [-0.4, -0.2) is 19.3 Å². The molecule has 0 bridgehead atoms. The number of nitrogens with two attached hydrogens (primary N) is 1. The molecule has 0 unspecified atom stereocenters. The number of rotatable bonds is 4. The van der Waals surface area contributed by atoms with Gasteiger partial charge < -0.3 is 5.73 Å². The SMILES string of the molecule is CCn1nc(C)c2nc(N)n(CC(C)(C)C(C)C)c21. The molecular weight excluding hydrogens is 238 g/mol. The summed E-state index contributed by atoms with van der Waals surface area (Å²) in [6.45, 7) is 14.8. The first-order chi connectivity index (χ1) is 8.77. The lowest BCUT2D eigenvalue weighted by Gasteiger charge is -2.30. The van der Waals surface area contributed by atoms with E-state index in [1.165, 1.54) is 0 Å². The van der Waals surface area contributed by atoms with Crippen LogP contribution in [0.25, 0.3) is 11.2 Å². The molecule has 0 fully saturated rings. The van der Waals surface area contributed by atoms with Gasteiger partial charge in [0.1, 0.15) is 5.52 Å². The number of aryl methyl sites for hydroxylation is 2. The highest BCUT2D eigenvalue weighted by atomic mass is 15.4. The first kappa shape index (κ1) is 13.9. The van der Waals surface area contributed by atoms with E-state index in [0.717, 1.165) is 29.9 Å². The van der Waals surface area contributed by atoms with Gasteiger partial charge in [-0.1, -0.05) is 27.7 Å². The molecule has 5 heteroatoms. The molecule has 0 aliphatic rings. The lowest BCUT2D eigenvalue weighted by atomic mass is 9.81. The Balaban J connectivity index is 2.57. The number of nitrogens with zero attached hydrogens (tertiary/aromatic N) is 4. The molecule has 2 heterocycles. The molecule has 0 amide bonds. The fraction of sp³-hybridized carbons (Fsp3) is 0.714. The topological polar surface area (TPSA) is 61.7 Å². The van der Waals surface area contributed by atoms with E-state index in [4.69, 9.17) is 5.73 Å². The van der Waals surface area contributed by atoms with E-state index >= 15 is 0 Å². The summed E-state index contributed by atoms with van der Waals surface area (Å²) in [5.74, 6) is 1.16. The number of imidazole rings is 1. The van der Waals surface area contributed by atoms with Crippen LogP contribution in [-0.2, 0) is 13.1 Å². The Morgan fingerprint density at radius 2 is 1.95 bits per heavy atom. The molecule has 2 aromatic rings. The van der Waals surface area contributed by atoms with Crippen LogP contribution >= 0.6 is 0 Å². The minimum Gasteiger partial charge on any atom is -0.369 e. The molecule has 2 rings (SSSR count). The van der Waals surface area contributed by atoms with Crippen LogP contribution in [0.5, 0.6) is 0 Å². The molecule has 0 aromatic carbocycles. The Bertz CT molecular complexity index is 589. The monoisotopic (exact) mass is 263 g/mol. The smallest absolute Gasteiger partial charge is 0.202 e. The molecule has 0 spiro atoms. The van der Waals surface area contributed by atoms with Gasteiger partial charge in [0, 0.05) is 13.1 Å². The van der Waals surface area contributed by atoms with Crippen LogP contribution in [0, 0.1) is 18.3 Å². The number of fused-ring (bicyclic) bond motifs is 1. The highest BCUT2D eigenvalue weighted by molar-refractivity contribution is 5.77. The molecule has 0 saturated carbocycles. The average Bonchev–Trinajstić information content (AvgIpc) is 2.78. The van der Waals surface area contributed by atoms with Crippen molar-refractivity contribution in [1.82, 2.24) is 19.3 Å². The van der Waals surface area contributed by atoms with Gasteiger partial charge >= 0.3 is 0 Å². The van der Waals surface area contributed by atoms with Crippen molar-refractivity contribution in [2.24, 2.45) is 11.3 Å². The molecule has 2 N–H and O–H groups in total. The van der Waals surface area contributed by atoms with E-state index in [1.807, 2.05) is 11.6 Å². The molecule has 5 nitrogen and oxygen atoms in total. The Morgan fingerprint density at radius 3 is 2.47 bits per heavy atom. The largest absolute Gasteiger partial charge is 0.369 e. The maximum atomic E-state index is 6.11. The normalized spacial score (nSPS) is 12.8. The lowest BCUT2D eigenvalue weighted by molar-refractivity contribution is 0.213. The van der Waals surface area contributed by atoms with Crippen LogP contribution < -0.4 is 5.73 Å². The zero-order chi connectivity index (χ0) is 14.4. The van der Waals surface area contributed by atoms with E-state index in [2.05, 4.69) is 49.3 Å². The highest BCUT2D eigenvalue weighted by Gasteiger charge is 2.26. The third-order valence-corrected chi connectivity index (χ3v) is 4.26. The second-order valence-electron chi connectivity index (χ2n) is 6.27. The van der Waals surface area contributed by atoms with Crippen molar-refractivity contribution >= 4 is 17.1 Å². The summed E-state index contributed by atoms with van der Waals surface area (Å²) in [6, 6.07) is 0. The van der Waals surface area contributed by atoms with Crippen molar-refractivity contribution in [3.8, 4) is 0 Å². The Hall–Kier alpha value is -1.52. The molecule has 19 heavy (non-hydrogen) atoms. The van der Waals surface area contributed by atoms with E-state index in [9.17, 15) is 0 Å². The molecule has 106 valence electrons. The third-order valence-electron chi connectivity index (χ3n) is 4.26. The average molecular weight is 263 g/mol. The molecule has 0 radical (unpaired) electrons. The van der Waals surface area contributed by atoms with Gasteiger partial charge in [-0.2, -0.15) is 5.10 Å². The maximum Gasteiger partial charge on any atom is 0.202 e. The molecule has 0 atom stereocenters. The molecule has 2 aromatic heterocycles. The van der Waals surface area contributed by atoms with Gasteiger partial charge in [0.25, 0.3) is 0 Å². The van der Waals surface area contributed by atoms with Crippen molar-refractivity contribution < 1.29 is 0 Å². The number of nitrogen functional groups attached to an aromatic ring is 1. The summed E-state index contributed by atoms with van der Waals surface area (Å²) in [6.07, 6.45) is 0. The lowest BCUT2D eigenvalue weighted by Crippen LogP contribution is -2.27. The van der Waals surface area contributed by atoms with E-state index in [0.29, 0.717) is 11.9 Å². The van der Waals surface area contributed by atoms with E-state index in [1.54, 1.807) is 0 Å². The number of hydrogen-bond donors (Lipinski definition) is 1. The van der Waals surface area contributed by atoms with Crippen LogP contribution in [0.1, 0.15) is 40.3 Å². The van der Waals surface area contributed by atoms with Crippen LogP contribution in [0.4, 0.5) is 5.95 Å². The first-order valence-corrected chi connectivity index (χ1v) is 6.97. The quantitative estimate of drug-likeness (QED) is 0.922. The van der Waals surface area contributed by atoms with Crippen LogP contribution in [0.2, 0.25) is 0 Å². The minimum absolute atomic E-state index is 0.165. The van der Waals surface area contributed by atoms with Gasteiger partial charge in [-0.3, -0.25) is 4.57 Å². The molecular formula is C14H25N5. The molecule has 0 aliphatic heterocycles. The summed E-state index contributed by atoms with van der Waals surface area (Å²) in [4.78, 5) is 4.48. The van der Waals surface area contributed by atoms with E-state index < -0.39 is 0 Å². The van der Waals surface area contributed by atoms with Gasteiger partial charge in [0.15, 0.2) is 5.65 Å². The zero-order valence-corrected chi connectivity index (χ0v) is 12.9. The van der Waals surface area contributed by atoms with Gasteiger partial charge in [-0.15, -0.1) is 0 Å². The van der Waals surface area contributed by atoms with Crippen molar-refractivity contribution in [2.45, 2.75) is 54.6 Å². The van der Waals surface area contributed by atoms with Gasteiger partial charge in [0.2, 0.25) is 5.95 Å². The second kappa shape index (κ2) is 4.54. The van der Waals surface area contributed by atoms with Crippen molar-refractivity contribution in [3.05, 3.63) is 5.69 Å². The fourth-order valence-corrected chi connectivity index (χ4v) is 2.21. The van der Waals surface area contributed by atoms with Crippen molar-refractivity contribution in [2.75, 3.05) is 5.73 Å². The van der Waals surface area contributed by atoms with Gasteiger partial charge in [-0.25, -0.2) is 9.67 Å². The van der Waals surface area contributed by atoms with Crippen LogP contribution in [0.15, 0.2) is 0 Å². The number of aromatic nitrogens is 4. The zero-order valence-electron chi connectivity index (χ0n) is 12.9. The third kappa shape index (κ3) is 2.22.